The van der Waals surface area contributed by atoms with Gasteiger partial charge in [-0.05, 0) is 13.3 Å². The van der Waals surface area contributed by atoms with Gasteiger partial charge in [-0.25, -0.2) is 0 Å². The van der Waals surface area contributed by atoms with E-state index in [0.717, 1.165) is 25.7 Å². The molecule has 4 nitrogen and oxygen atoms in total. The third-order valence-electron chi connectivity index (χ3n) is 2.15. The van der Waals surface area contributed by atoms with E-state index in [9.17, 15) is 9.59 Å². The zero-order chi connectivity index (χ0) is 11.7. The molecule has 15 heavy (non-hydrogen) atoms. The number of hydrogen-bond acceptors (Lipinski definition) is 2. The van der Waals surface area contributed by atoms with Gasteiger partial charge in [0, 0.05) is 12.5 Å². The second-order valence-corrected chi connectivity index (χ2v) is 3.88. The van der Waals surface area contributed by atoms with E-state index in [4.69, 9.17) is 5.11 Å². The molecule has 0 rings (SSSR count). The lowest BCUT2D eigenvalue weighted by Crippen LogP contribution is -2.33. The lowest BCUT2D eigenvalue weighted by Gasteiger charge is -2.11. The van der Waals surface area contributed by atoms with E-state index >= 15 is 0 Å². The van der Waals surface area contributed by atoms with Crippen molar-refractivity contribution in [2.45, 2.75) is 58.4 Å². The average Bonchev–Trinajstić information content (AvgIpc) is 2.10. The Morgan fingerprint density at radius 1 is 1.27 bits per heavy atom. The van der Waals surface area contributed by atoms with Crippen LogP contribution in [-0.2, 0) is 9.59 Å². The van der Waals surface area contributed by atoms with Crippen LogP contribution in [0.5, 0.6) is 0 Å². The first-order valence-corrected chi connectivity index (χ1v) is 5.57. The molecule has 0 saturated heterocycles. The van der Waals surface area contributed by atoms with Crippen molar-refractivity contribution in [2.24, 2.45) is 0 Å². The van der Waals surface area contributed by atoms with E-state index in [2.05, 4.69) is 12.2 Å². The van der Waals surface area contributed by atoms with Gasteiger partial charge >= 0.3 is 5.97 Å². The topological polar surface area (TPSA) is 66.4 Å². The summed E-state index contributed by atoms with van der Waals surface area (Å²) in [7, 11) is 0. The lowest BCUT2D eigenvalue weighted by molar-refractivity contribution is -0.137. The molecule has 0 aliphatic heterocycles. The maximum atomic E-state index is 11.3. The fourth-order valence-electron chi connectivity index (χ4n) is 1.37. The fourth-order valence-corrected chi connectivity index (χ4v) is 1.37. The third kappa shape index (κ3) is 9.25. The Morgan fingerprint density at radius 2 is 1.93 bits per heavy atom. The summed E-state index contributed by atoms with van der Waals surface area (Å²) in [6.45, 7) is 3.83. The van der Waals surface area contributed by atoms with Crippen molar-refractivity contribution in [3.8, 4) is 0 Å². The van der Waals surface area contributed by atoms with Gasteiger partial charge in [0.15, 0.2) is 0 Å². The van der Waals surface area contributed by atoms with Gasteiger partial charge in [0.25, 0.3) is 0 Å². The van der Waals surface area contributed by atoms with Crippen LogP contribution < -0.4 is 5.32 Å². The van der Waals surface area contributed by atoms with Crippen LogP contribution in [0.15, 0.2) is 0 Å². The van der Waals surface area contributed by atoms with Crippen LogP contribution in [0.1, 0.15) is 52.4 Å². The summed E-state index contributed by atoms with van der Waals surface area (Å²) in [4.78, 5) is 21.6. The van der Waals surface area contributed by atoms with E-state index < -0.39 is 5.97 Å². The van der Waals surface area contributed by atoms with Crippen LogP contribution in [0.25, 0.3) is 0 Å². The van der Waals surface area contributed by atoms with Gasteiger partial charge in [0.1, 0.15) is 0 Å². The van der Waals surface area contributed by atoms with Crippen molar-refractivity contribution in [2.75, 3.05) is 0 Å². The summed E-state index contributed by atoms with van der Waals surface area (Å²) in [5.74, 6) is -0.923. The number of unbranched alkanes of at least 4 members (excludes halogenated alkanes) is 3. The van der Waals surface area contributed by atoms with Crippen LogP contribution in [0.3, 0.4) is 0 Å². The molecular weight excluding hydrogens is 194 g/mol. The average molecular weight is 215 g/mol. The highest BCUT2D eigenvalue weighted by molar-refractivity contribution is 5.77. The highest BCUT2D eigenvalue weighted by atomic mass is 16.4. The number of carbonyl (C=O) groups is 2. The Balaban J connectivity index is 3.51. The molecule has 0 aromatic heterocycles. The van der Waals surface area contributed by atoms with Gasteiger partial charge in [-0.3, -0.25) is 9.59 Å². The molecule has 0 aliphatic rings. The molecular formula is C11H21NO3. The standard InChI is InChI=1S/C11H21NO3/c1-3-4-5-6-7-10(13)12-9(2)8-11(14)15/h9H,3-8H2,1-2H3,(H,12,13)(H,14,15). The molecule has 1 amide bonds. The monoisotopic (exact) mass is 215 g/mol. The number of amides is 1. The Bertz CT molecular complexity index is 204. The molecule has 0 aliphatic carbocycles. The van der Waals surface area contributed by atoms with Gasteiger partial charge in [0.2, 0.25) is 5.91 Å². The van der Waals surface area contributed by atoms with Gasteiger partial charge in [0.05, 0.1) is 6.42 Å². The van der Waals surface area contributed by atoms with Crippen molar-refractivity contribution in [3.63, 3.8) is 0 Å². The van der Waals surface area contributed by atoms with Crippen LogP contribution in [0.4, 0.5) is 0 Å². The van der Waals surface area contributed by atoms with Gasteiger partial charge in [-0.2, -0.15) is 0 Å². The molecule has 0 radical (unpaired) electrons. The number of aliphatic carboxylic acids is 1. The minimum atomic E-state index is -0.881. The summed E-state index contributed by atoms with van der Waals surface area (Å²) >= 11 is 0. The van der Waals surface area contributed by atoms with Gasteiger partial charge in [-0.1, -0.05) is 26.2 Å². The summed E-state index contributed by atoms with van der Waals surface area (Å²) in [6, 6.07) is -0.277. The lowest BCUT2D eigenvalue weighted by atomic mass is 10.1. The number of carboxylic acids is 1. The molecule has 0 aromatic carbocycles. The maximum absolute atomic E-state index is 11.3. The van der Waals surface area contributed by atoms with Crippen molar-refractivity contribution in [1.29, 1.82) is 0 Å². The zero-order valence-corrected chi connectivity index (χ0v) is 9.58. The molecule has 1 atom stereocenters. The van der Waals surface area contributed by atoms with Crippen molar-refractivity contribution >= 4 is 11.9 Å². The fraction of sp³-hybridized carbons (Fsp3) is 0.818. The van der Waals surface area contributed by atoms with E-state index in [1.165, 1.54) is 0 Å². The Hall–Kier alpha value is -1.06. The summed E-state index contributed by atoms with van der Waals surface area (Å²) < 4.78 is 0. The van der Waals surface area contributed by atoms with Crippen LogP contribution in [0, 0.1) is 0 Å². The molecule has 4 heteroatoms. The van der Waals surface area contributed by atoms with Crippen molar-refractivity contribution in [3.05, 3.63) is 0 Å². The highest BCUT2D eigenvalue weighted by Crippen LogP contribution is 2.02. The van der Waals surface area contributed by atoms with E-state index in [1.54, 1.807) is 6.92 Å². The van der Waals surface area contributed by atoms with Crippen LogP contribution in [-0.4, -0.2) is 23.0 Å². The van der Waals surface area contributed by atoms with Gasteiger partial charge in [-0.15, -0.1) is 0 Å². The number of carbonyl (C=O) groups excluding carboxylic acids is 1. The summed E-state index contributed by atoms with van der Waals surface area (Å²) in [6.07, 6.45) is 4.75. The molecule has 88 valence electrons. The molecule has 0 saturated carbocycles. The Morgan fingerprint density at radius 3 is 2.47 bits per heavy atom. The number of rotatable bonds is 8. The highest BCUT2D eigenvalue weighted by Gasteiger charge is 2.10. The van der Waals surface area contributed by atoms with E-state index in [0.29, 0.717) is 6.42 Å². The Kier molecular flexibility index (Phi) is 7.68. The number of carboxylic acid groups (broad SMARTS) is 1. The van der Waals surface area contributed by atoms with E-state index in [-0.39, 0.29) is 18.4 Å². The first kappa shape index (κ1) is 13.9. The predicted molar refractivity (Wildman–Crippen MR) is 58.6 cm³/mol. The smallest absolute Gasteiger partial charge is 0.305 e. The quantitative estimate of drug-likeness (QED) is 0.608. The summed E-state index contributed by atoms with van der Waals surface area (Å²) in [5, 5.41) is 11.2. The van der Waals surface area contributed by atoms with Gasteiger partial charge < -0.3 is 10.4 Å². The van der Waals surface area contributed by atoms with Crippen LogP contribution in [0.2, 0.25) is 0 Å². The molecule has 0 bridgehead atoms. The van der Waals surface area contributed by atoms with E-state index in [1.807, 2.05) is 0 Å². The number of hydrogen-bond donors (Lipinski definition) is 2. The molecule has 0 heterocycles. The molecule has 2 N–H and O–H groups in total. The molecule has 0 aromatic rings. The molecule has 0 spiro atoms. The van der Waals surface area contributed by atoms with Crippen LogP contribution >= 0.6 is 0 Å². The zero-order valence-electron chi connectivity index (χ0n) is 9.58. The second-order valence-electron chi connectivity index (χ2n) is 3.88. The van der Waals surface area contributed by atoms with Crippen molar-refractivity contribution < 1.29 is 14.7 Å². The minimum Gasteiger partial charge on any atom is -0.481 e. The second kappa shape index (κ2) is 8.26. The normalized spacial score (nSPS) is 12.1. The molecule has 1 unspecified atom stereocenters. The minimum absolute atomic E-state index is 0.0132. The van der Waals surface area contributed by atoms with Crippen molar-refractivity contribution in [1.82, 2.24) is 5.32 Å². The predicted octanol–water partition coefficient (Wildman–Crippen LogP) is 1.94. The summed E-state index contributed by atoms with van der Waals surface area (Å²) in [5.41, 5.74) is 0. The first-order valence-electron chi connectivity index (χ1n) is 5.57. The maximum Gasteiger partial charge on any atom is 0.305 e. The number of nitrogens with one attached hydrogen (secondary N) is 1. The first-order chi connectivity index (χ1) is 7.06. The Labute approximate surface area is 91.1 Å². The third-order valence-corrected chi connectivity index (χ3v) is 2.15. The SMILES string of the molecule is CCCCCCC(=O)NC(C)CC(=O)O. The molecule has 0 fully saturated rings. The largest absolute Gasteiger partial charge is 0.481 e.